The standard InChI is InChI=1S/C12H17BrF2N2O2/c1-7(2)5-8-11(13)12(18)17-10(16-8)3-4-19-6-9(14)15/h7,9H,3-6H2,1-2H3,(H,16,17,18). The fraction of sp³-hybridized carbons (Fsp3) is 0.667. The molecule has 19 heavy (non-hydrogen) atoms. The highest BCUT2D eigenvalue weighted by atomic mass is 79.9. The number of rotatable bonds is 7. The Balaban J connectivity index is 2.68. The maximum absolute atomic E-state index is 11.9. The van der Waals surface area contributed by atoms with Gasteiger partial charge >= 0.3 is 0 Å². The van der Waals surface area contributed by atoms with Crippen LogP contribution in [0.3, 0.4) is 0 Å². The van der Waals surface area contributed by atoms with E-state index in [4.69, 9.17) is 4.74 Å². The van der Waals surface area contributed by atoms with Crippen LogP contribution in [0.1, 0.15) is 25.4 Å². The van der Waals surface area contributed by atoms with Gasteiger partial charge in [0.25, 0.3) is 12.0 Å². The molecule has 4 nitrogen and oxygen atoms in total. The first-order valence-corrected chi connectivity index (χ1v) is 6.83. The van der Waals surface area contributed by atoms with Crippen LogP contribution in [0.5, 0.6) is 0 Å². The van der Waals surface area contributed by atoms with Gasteiger partial charge in [0.15, 0.2) is 0 Å². The van der Waals surface area contributed by atoms with Crippen molar-refractivity contribution in [2.24, 2.45) is 5.92 Å². The molecule has 0 unspecified atom stereocenters. The molecule has 0 saturated carbocycles. The number of alkyl halides is 2. The third-order valence-corrected chi connectivity index (χ3v) is 3.13. The number of ether oxygens (including phenoxy) is 1. The smallest absolute Gasteiger partial charge is 0.265 e. The van der Waals surface area contributed by atoms with Crippen LogP contribution in [-0.4, -0.2) is 29.6 Å². The first kappa shape index (κ1) is 16.2. The molecule has 1 N–H and O–H groups in total. The highest BCUT2D eigenvalue weighted by molar-refractivity contribution is 9.10. The van der Waals surface area contributed by atoms with Crippen molar-refractivity contribution in [2.75, 3.05) is 13.2 Å². The Bertz CT molecular complexity index is 464. The van der Waals surface area contributed by atoms with Crippen LogP contribution >= 0.6 is 15.9 Å². The summed E-state index contributed by atoms with van der Waals surface area (Å²) in [5.41, 5.74) is 0.428. The van der Waals surface area contributed by atoms with Crippen molar-refractivity contribution in [1.29, 1.82) is 0 Å². The average molecular weight is 339 g/mol. The Morgan fingerprint density at radius 3 is 2.68 bits per heavy atom. The molecule has 108 valence electrons. The molecule has 1 heterocycles. The number of H-pyrrole nitrogens is 1. The van der Waals surface area contributed by atoms with E-state index in [-0.39, 0.29) is 12.2 Å². The monoisotopic (exact) mass is 338 g/mol. The quantitative estimate of drug-likeness (QED) is 0.777. The summed E-state index contributed by atoms with van der Waals surface area (Å²) in [6.07, 6.45) is -1.50. The number of hydrogen-bond acceptors (Lipinski definition) is 3. The topological polar surface area (TPSA) is 55.0 Å². The lowest BCUT2D eigenvalue weighted by Crippen LogP contribution is -2.18. The first-order valence-electron chi connectivity index (χ1n) is 6.03. The Labute approximate surface area is 118 Å². The van der Waals surface area contributed by atoms with Gasteiger partial charge in [0, 0.05) is 6.42 Å². The summed E-state index contributed by atoms with van der Waals surface area (Å²) in [5, 5.41) is 0. The van der Waals surface area contributed by atoms with Gasteiger partial charge in [-0.3, -0.25) is 4.79 Å². The zero-order valence-electron chi connectivity index (χ0n) is 10.9. The van der Waals surface area contributed by atoms with E-state index in [2.05, 4.69) is 25.9 Å². The second-order valence-corrected chi connectivity index (χ2v) is 5.38. The van der Waals surface area contributed by atoms with Crippen LogP contribution in [-0.2, 0) is 17.6 Å². The normalized spacial score (nSPS) is 11.5. The maximum Gasteiger partial charge on any atom is 0.265 e. The van der Waals surface area contributed by atoms with Crippen molar-refractivity contribution in [3.8, 4) is 0 Å². The summed E-state index contributed by atoms with van der Waals surface area (Å²) in [4.78, 5) is 18.6. The van der Waals surface area contributed by atoms with Gasteiger partial charge in [-0.05, 0) is 28.3 Å². The van der Waals surface area contributed by atoms with Crippen LogP contribution in [0, 0.1) is 5.92 Å². The highest BCUT2D eigenvalue weighted by Crippen LogP contribution is 2.13. The van der Waals surface area contributed by atoms with Gasteiger partial charge in [0.05, 0.1) is 12.3 Å². The van der Waals surface area contributed by atoms with Crippen molar-refractivity contribution in [1.82, 2.24) is 9.97 Å². The van der Waals surface area contributed by atoms with Crippen LogP contribution in [0.15, 0.2) is 9.27 Å². The molecule has 1 rings (SSSR count). The van der Waals surface area contributed by atoms with Crippen LogP contribution in [0.4, 0.5) is 8.78 Å². The molecule has 0 aliphatic heterocycles. The number of aromatic amines is 1. The summed E-state index contributed by atoms with van der Waals surface area (Å²) >= 11 is 3.21. The SMILES string of the molecule is CC(C)Cc1nc(CCOCC(F)F)[nH]c(=O)c1Br. The summed E-state index contributed by atoms with van der Waals surface area (Å²) in [6.45, 7) is 3.57. The third-order valence-electron chi connectivity index (χ3n) is 2.31. The molecule has 0 aliphatic carbocycles. The number of nitrogens with one attached hydrogen (secondary N) is 1. The molecule has 0 aliphatic rings. The minimum Gasteiger partial charge on any atom is -0.375 e. The summed E-state index contributed by atoms with van der Waals surface area (Å²) in [5.74, 6) is 0.826. The second-order valence-electron chi connectivity index (χ2n) is 4.59. The fourth-order valence-corrected chi connectivity index (χ4v) is 1.89. The van der Waals surface area contributed by atoms with Gasteiger partial charge in [-0.15, -0.1) is 0 Å². The van der Waals surface area contributed by atoms with Gasteiger partial charge < -0.3 is 9.72 Å². The van der Waals surface area contributed by atoms with Crippen LogP contribution in [0.2, 0.25) is 0 Å². The van der Waals surface area contributed by atoms with Crippen molar-refractivity contribution >= 4 is 15.9 Å². The van der Waals surface area contributed by atoms with Crippen molar-refractivity contribution in [2.45, 2.75) is 33.1 Å². The molecule has 7 heteroatoms. The van der Waals surface area contributed by atoms with E-state index in [0.29, 0.717) is 34.8 Å². The number of aromatic nitrogens is 2. The minimum atomic E-state index is -2.48. The Morgan fingerprint density at radius 1 is 1.42 bits per heavy atom. The van der Waals surface area contributed by atoms with E-state index in [9.17, 15) is 13.6 Å². The first-order chi connectivity index (χ1) is 8.90. The van der Waals surface area contributed by atoms with E-state index in [0.717, 1.165) is 0 Å². The molecule has 0 saturated heterocycles. The van der Waals surface area contributed by atoms with E-state index in [1.165, 1.54) is 0 Å². The van der Waals surface area contributed by atoms with E-state index in [1.807, 2.05) is 13.8 Å². The number of halogens is 3. The zero-order valence-corrected chi connectivity index (χ0v) is 12.5. The Hall–Kier alpha value is -0.820. The molecular weight excluding hydrogens is 322 g/mol. The molecule has 1 aromatic rings. The Morgan fingerprint density at radius 2 is 2.11 bits per heavy atom. The molecule has 0 aromatic carbocycles. The highest BCUT2D eigenvalue weighted by Gasteiger charge is 2.11. The summed E-state index contributed by atoms with van der Waals surface area (Å²) in [7, 11) is 0. The van der Waals surface area contributed by atoms with Gasteiger partial charge in [0.2, 0.25) is 0 Å². The van der Waals surface area contributed by atoms with E-state index >= 15 is 0 Å². The Kier molecular flexibility index (Phi) is 6.57. The van der Waals surface area contributed by atoms with Gasteiger partial charge in [-0.1, -0.05) is 13.8 Å². The van der Waals surface area contributed by atoms with Gasteiger partial charge in [-0.2, -0.15) is 0 Å². The summed E-state index contributed by atoms with van der Waals surface area (Å²) in [6, 6.07) is 0. The van der Waals surface area contributed by atoms with Crippen molar-refractivity contribution in [3.63, 3.8) is 0 Å². The lowest BCUT2D eigenvalue weighted by Gasteiger charge is -2.09. The molecule has 0 amide bonds. The molecule has 0 fully saturated rings. The van der Waals surface area contributed by atoms with Crippen LogP contribution in [0.25, 0.3) is 0 Å². The molecule has 0 atom stereocenters. The zero-order chi connectivity index (χ0) is 14.4. The fourth-order valence-electron chi connectivity index (χ4n) is 1.54. The largest absolute Gasteiger partial charge is 0.375 e. The molecular formula is C12H17BrF2N2O2. The van der Waals surface area contributed by atoms with Crippen LogP contribution < -0.4 is 5.56 Å². The van der Waals surface area contributed by atoms with E-state index in [1.54, 1.807) is 0 Å². The van der Waals surface area contributed by atoms with E-state index < -0.39 is 13.0 Å². The predicted molar refractivity (Wildman–Crippen MR) is 71.6 cm³/mol. The molecule has 0 spiro atoms. The third kappa shape index (κ3) is 5.78. The molecule has 0 bridgehead atoms. The summed E-state index contributed by atoms with van der Waals surface area (Å²) < 4.78 is 29.0. The van der Waals surface area contributed by atoms with Gasteiger partial charge in [0.1, 0.15) is 16.9 Å². The molecule has 0 radical (unpaired) electrons. The predicted octanol–water partition coefficient (Wildman–Crippen LogP) is 2.56. The second kappa shape index (κ2) is 7.69. The lowest BCUT2D eigenvalue weighted by atomic mass is 10.1. The maximum atomic E-state index is 11.9. The lowest BCUT2D eigenvalue weighted by molar-refractivity contribution is 0.0182. The van der Waals surface area contributed by atoms with Crippen molar-refractivity contribution < 1.29 is 13.5 Å². The minimum absolute atomic E-state index is 0.107. The van der Waals surface area contributed by atoms with Gasteiger partial charge in [-0.25, -0.2) is 13.8 Å². The number of nitrogens with zero attached hydrogens (tertiary/aromatic N) is 1. The van der Waals surface area contributed by atoms with Crippen molar-refractivity contribution in [3.05, 3.63) is 26.3 Å². The molecule has 1 aromatic heterocycles. The average Bonchev–Trinajstić information content (AvgIpc) is 2.30. The number of hydrogen-bond donors (Lipinski definition) is 1.